The van der Waals surface area contributed by atoms with Crippen molar-refractivity contribution in [3.05, 3.63) is 0 Å². The Balaban J connectivity index is 2.53. The van der Waals surface area contributed by atoms with Gasteiger partial charge in [0.15, 0.2) is 0 Å². The lowest BCUT2D eigenvalue weighted by Crippen LogP contribution is -2.43. The van der Waals surface area contributed by atoms with E-state index in [0.717, 1.165) is 38.8 Å². The van der Waals surface area contributed by atoms with E-state index in [2.05, 4.69) is 13.8 Å². The Morgan fingerprint density at radius 2 is 1.79 bits per heavy atom. The van der Waals surface area contributed by atoms with Crippen LogP contribution < -0.4 is 0 Å². The third-order valence-electron chi connectivity index (χ3n) is 3.64. The third kappa shape index (κ3) is 4.73. The highest BCUT2D eigenvalue weighted by atomic mass is 16.4. The van der Waals surface area contributed by atoms with Crippen LogP contribution in [0.25, 0.3) is 0 Å². The predicted octanol–water partition coefficient (Wildman–Crippen LogP) is 2.42. The molecule has 0 aromatic carbocycles. The molecular weight excluding hydrogens is 244 g/mol. The molecule has 2 amide bonds. The van der Waals surface area contributed by atoms with Crippen LogP contribution in [0, 0.1) is 5.92 Å². The Hall–Kier alpha value is -1.26. The minimum atomic E-state index is -0.788. The van der Waals surface area contributed by atoms with Crippen molar-refractivity contribution in [1.82, 2.24) is 9.80 Å². The number of urea groups is 1. The van der Waals surface area contributed by atoms with Gasteiger partial charge in [0, 0.05) is 26.2 Å². The number of carbonyl (C=O) groups excluding carboxylic acids is 1. The molecule has 0 aromatic heterocycles. The number of aliphatic carboxylic acids is 1. The van der Waals surface area contributed by atoms with Crippen molar-refractivity contribution < 1.29 is 14.7 Å². The molecule has 0 bridgehead atoms. The fourth-order valence-electron chi connectivity index (χ4n) is 2.34. The molecule has 5 nitrogen and oxygen atoms in total. The number of rotatable bonds is 7. The molecule has 0 saturated carbocycles. The van der Waals surface area contributed by atoms with Crippen molar-refractivity contribution in [2.45, 2.75) is 46.0 Å². The fraction of sp³-hybridized carbons (Fsp3) is 0.857. The van der Waals surface area contributed by atoms with Crippen LogP contribution in [-0.4, -0.2) is 53.1 Å². The molecule has 110 valence electrons. The lowest BCUT2D eigenvalue weighted by atomic mass is 10.1. The summed E-state index contributed by atoms with van der Waals surface area (Å²) in [5.74, 6) is -1.17. The number of amides is 2. The van der Waals surface area contributed by atoms with Gasteiger partial charge in [-0.15, -0.1) is 0 Å². The van der Waals surface area contributed by atoms with Gasteiger partial charge in [-0.05, 0) is 19.3 Å². The van der Waals surface area contributed by atoms with Crippen LogP contribution in [0.4, 0.5) is 4.79 Å². The van der Waals surface area contributed by atoms with E-state index in [-0.39, 0.29) is 11.9 Å². The molecule has 1 fully saturated rings. The van der Waals surface area contributed by atoms with E-state index < -0.39 is 5.97 Å². The maximum absolute atomic E-state index is 12.4. The molecular formula is C14H26N2O3. The number of unbranched alkanes of at least 4 members (excludes halogenated alkanes) is 2. The van der Waals surface area contributed by atoms with Crippen LogP contribution >= 0.6 is 0 Å². The standard InChI is InChI=1S/C14H26N2O3/c1-3-5-8-15(9-6-4-2)14(19)16-10-7-12(11-16)13(17)18/h12H,3-11H2,1-2H3,(H,17,18). The Morgan fingerprint density at radius 3 is 2.21 bits per heavy atom. The molecule has 1 saturated heterocycles. The molecule has 19 heavy (non-hydrogen) atoms. The average Bonchev–Trinajstić information content (AvgIpc) is 2.88. The molecule has 0 aliphatic carbocycles. The lowest BCUT2D eigenvalue weighted by molar-refractivity contribution is -0.141. The van der Waals surface area contributed by atoms with Crippen molar-refractivity contribution in [3.63, 3.8) is 0 Å². The first kappa shape index (κ1) is 15.8. The highest BCUT2D eigenvalue weighted by molar-refractivity contribution is 5.77. The molecule has 1 aliphatic heterocycles. The average molecular weight is 270 g/mol. The van der Waals surface area contributed by atoms with Crippen molar-refractivity contribution >= 4 is 12.0 Å². The Morgan fingerprint density at radius 1 is 1.21 bits per heavy atom. The van der Waals surface area contributed by atoms with Gasteiger partial charge in [0.2, 0.25) is 0 Å². The number of hydrogen-bond donors (Lipinski definition) is 1. The third-order valence-corrected chi connectivity index (χ3v) is 3.64. The van der Waals surface area contributed by atoms with Gasteiger partial charge in [-0.25, -0.2) is 4.79 Å². The summed E-state index contributed by atoms with van der Waals surface area (Å²) in [4.78, 5) is 26.9. The van der Waals surface area contributed by atoms with E-state index in [4.69, 9.17) is 5.11 Å². The Labute approximate surface area is 115 Å². The normalized spacial score (nSPS) is 18.6. The molecule has 1 atom stereocenters. The zero-order chi connectivity index (χ0) is 14.3. The van der Waals surface area contributed by atoms with E-state index in [1.807, 2.05) is 4.90 Å². The van der Waals surface area contributed by atoms with E-state index in [9.17, 15) is 9.59 Å². The van der Waals surface area contributed by atoms with Gasteiger partial charge in [-0.3, -0.25) is 4.79 Å². The largest absolute Gasteiger partial charge is 0.481 e. The number of carbonyl (C=O) groups is 2. The minimum Gasteiger partial charge on any atom is -0.481 e. The summed E-state index contributed by atoms with van der Waals surface area (Å²) in [5, 5.41) is 8.98. The van der Waals surface area contributed by atoms with Gasteiger partial charge in [0.05, 0.1) is 5.92 Å². The van der Waals surface area contributed by atoms with Gasteiger partial charge >= 0.3 is 12.0 Å². The summed E-state index contributed by atoms with van der Waals surface area (Å²) in [6, 6.07) is 0.0191. The van der Waals surface area contributed by atoms with Crippen molar-refractivity contribution in [1.29, 1.82) is 0 Å². The van der Waals surface area contributed by atoms with E-state index >= 15 is 0 Å². The molecule has 1 N–H and O–H groups in total. The quantitative estimate of drug-likeness (QED) is 0.773. The summed E-state index contributed by atoms with van der Waals surface area (Å²) in [6.07, 6.45) is 4.72. The van der Waals surface area contributed by atoms with Gasteiger partial charge in [-0.2, -0.15) is 0 Å². The summed E-state index contributed by atoms with van der Waals surface area (Å²) < 4.78 is 0. The monoisotopic (exact) mass is 270 g/mol. The molecule has 1 unspecified atom stereocenters. The zero-order valence-corrected chi connectivity index (χ0v) is 12.1. The molecule has 0 spiro atoms. The maximum atomic E-state index is 12.4. The van der Waals surface area contributed by atoms with Crippen LogP contribution in [0.15, 0.2) is 0 Å². The van der Waals surface area contributed by atoms with Gasteiger partial charge in [-0.1, -0.05) is 26.7 Å². The highest BCUT2D eigenvalue weighted by Gasteiger charge is 2.32. The number of carboxylic acid groups (broad SMARTS) is 1. The molecule has 1 heterocycles. The SMILES string of the molecule is CCCCN(CCCC)C(=O)N1CCC(C(=O)O)C1. The van der Waals surface area contributed by atoms with Crippen molar-refractivity contribution in [2.24, 2.45) is 5.92 Å². The minimum absolute atomic E-state index is 0.0191. The van der Waals surface area contributed by atoms with E-state index in [1.54, 1.807) is 4.90 Å². The summed E-state index contributed by atoms with van der Waals surface area (Å²) in [5.41, 5.74) is 0. The van der Waals surface area contributed by atoms with Crippen molar-refractivity contribution in [2.75, 3.05) is 26.2 Å². The second-order valence-corrected chi connectivity index (χ2v) is 5.25. The summed E-state index contributed by atoms with van der Waals surface area (Å²) in [7, 11) is 0. The van der Waals surface area contributed by atoms with Crippen molar-refractivity contribution in [3.8, 4) is 0 Å². The topological polar surface area (TPSA) is 60.9 Å². The second kappa shape index (κ2) is 8.02. The Bertz CT molecular complexity index is 299. The lowest BCUT2D eigenvalue weighted by Gasteiger charge is -2.28. The van der Waals surface area contributed by atoms with E-state index in [0.29, 0.717) is 19.5 Å². The molecule has 0 radical (unpaired) electrons. The summed E-state index contributed by atoms with van der Waals surface area (Å²) >= 11 is 0. The zero-order valence-electron chi connectivity index (χ0n) is 12.1. The summed E-state index contributed by atoms with van der Waals surface area (Å²) in [6.45, 7) is 6.72. The second-order valence-electron chi connectivity index (χ2n) is 5.25. The molecule has 1 aliphatic rings. The number of likely N-dealkylation sites (tertiary alicyclic amines) is 1. The maximum Gasteiger partial charge on any atom is 0.320 e. The number of carboxylic acids is 1. The number of hydrogen-bond acceptors (Lipinski definition) is 2. The van der Waals surface area contributed by atoms with Crippen LogP contribution in [0.3, 0.4) is 0 Å². The van der Waals surface area contributed by atoms with Crippen LogP contribution in [-0.2, 0) is 4.79 Å². The molecule has 1 rings (SSSR count). The first-order chi connectivity index (χ1) is 9.10. The molecule has 5 heteroatoms. The van der Waals surface area contributed by atoms with Crippen LogP contribution in [0.5, 0.6) is 0 Å². The van der Waals surface area contributed by atoms with Gasteiger partial charge in [0.1, 0.15) is 0 Å². The fourth-order valence-corrected chi connectivity index (χ4v) is 2.34. The van der Waals surface area contributed by atoms with Crippen LogP contribution in [0.2, 0.25) is 0 Å². The molecule has 0 aromatic rings. The Kier molecular flexibility index (Phi) is 6.67. The predicted molar refractivity (Wildman–Crippen MR) is 74.1 cm³/mol. The smallest absolute Gasteiger partial charge is 0.320 e. The first-order valence-corrected chi connectivity index (χ1v) is 7.36. The van der Waals surface area contributed by atoms with Gasteiger partial charge in [0.25, 0.3) is 0 Å². The van der Waals surface area contributed by atoms with Gasteiger partial charge < -0.3 is 14.9 Å². The highest BCUT2D eigenvalue weighted by Crippen LogP contribution is 2.18. The van der Waals surface area contributed by atoms with E-state index in [1.165, 1.54) is 0 Å². The van der Waals surface area contributed by atoms with Crippen LogP contribution in [0.1, 0.15) is 46.0 Å². The first-order valence-electron chi connectivity index (χ1n) is 7.36. The number of nitrogens with zero attached hydrogens (tertiary/aromatic N) is 2.